The lowest BCUT2D eigenvalue weighted by atomic mass is 9.93. The highest BCUT2D eigenvalue weighted by atomic mass is 16.3. The molecule has 0 aliphatic carbocycles. The molecular weight excluding hydrogens is 204 g/mol. The topological polar surface area (TPSA) is 52.6 Å². The summed E-state index contributed by atoms with van der Waals surface area (Å²) in [6, 6.07) is 0.0350. The number of aliphatic hydroxyl groups is 1. The molecule has 92 valence electrons. The number of aliphatic hydroxyl groups excluding tert-OH is 1. The van der Waals surface area contributed by atoms with Gasteiger partial charge in [-0.2, -0.15) is 0 Å². The molecule has 4 heteroatoms. The Morgan fingerprint density at radius 2 is 2.25 bits per heavy atom. The van der Waals surface area contributed by atoms with Crippen LogP contribution >= 0.6 is 0 Å². The van der Waals surface area contributed by atoms with Crippen molar-refractivity contribution in [2.45, 2.75) is 44.8 Å². The number of nitrogens with zero attached hydrogens (tertiary/aromatic N) is 1. The van der Waals surface area contributed by atoms with Crippen LogP contribution in [0.15, 0.2) is 0 Å². The Hall–Kier alpha value is -0.610. The molecule has 0 radical (unpaired) electrons. The summed E-state index contributed by atoms with van der Waals surface area (Å²) in [5.74, 6) is 0.502. The summed E-state index contributed by atoms with van der Waals surface area (Å²) in [5.41, 5.74) is 0. The van der Waals surface area contributed by atoms with Gasteiger partial charge in [-0.15, -0.1) is 0 Å². The zero-order chi connectivity index (χ0) is 11.5. The Labute approximate surface area is 97.0 Å². The molecule has 2 aliphatic heterocycles. The van der Waals surface area contributed by atoms with Crippen LogP contribution < -0.4 is 5.32 Å². The molecule has 2 N–H and O–H groups in total. The van der Waals surface area contributed by atoms with Gasteiger partial charge >= 0.3 is 0 Å². The predicted molar refractivity (Wildman–Crippen MR) is 62.0 cm³/mol. The number of carbonyl (C=O) groups is 1. The normalized spacial score (nSPS) is 32.8. The highest BCUT2D eigenvalue weighted by Gasteiger charge is 2.31. The lowest BCUT2D eigenvalue weighted by molar-refractivity contribution is -0.135. The molecule has 4 nitrogen and oxygen atoms in total. The van der Waals surface area contributed by atoms with E-state index < -0.39 is 0 Å². The van der Waals surface area contributed by atoms with Gasteiger partial charge in [0.25, 0.3) is 0 Å². The molecule has 0 aromatic heterocycles. The molecule has 2 rings (SSSR count). The summed E-state index contributed by atoms with van der Waals surface area (Å²) in [5, 5.41) is 12.8. The molecule has 2 fully saturated rings. The minimum atomic E-state index is -0.299. The third-order valence-electron chi connectivity index (χ3n) is 3.81. The van der Waals surface area contributed by atoms with Crippen LogP contribution in [0.1, 0.15) is 32.6 Å². The number of hydrogen-bond acceptors (Lipinski definition) is 3. The number of rotatable bonds is 2. The van der Waals surface area contributed by atoms with Crippen LogP contribution in [0.4, 0.5) is 0 Å². The maximum Gasteiger partial charge on any atom is 0.239 e. The molecule has 3 atom stereocenters. The van der Waals surface area contributed by atoms with Crippen molar-refractivity contribution in [1.29, 1.82) is 0 Å². The van der Waals surface area contributed by atoms with Crippen molar-refractivity contribution < 1.29 is 9.90 Å². The molecule has 16 heavy (non-hydrogen) atoms. The van der Waals surface area contributed by atoms with E-state index in [0.29, 0.717) is 0 Å². The van der Waals surface area contributed by atoms with Crippen molar-refractivity contribution in [3.63, 3.8) is 0 Å². The minimum Gasteiger partial charge on any atom is -0.393 e. The van der Waals surface area contributed by atoms with E-state index in [9.17, 15) is 9.90 Å². The van der Waals surface area contributed by atoms with Crippen LogP contribution in [0.3, 0.4) is 0 Å². The first-order chi connectivity index (χ1) is 7.68. The van der Waals surface area contributed by atoms with Crippen molar-refractivity contribution in [3.8, 4) is 0 Å². The zero-order valence-corrected chi connectivity index (χ0v) is 9.98. The van der Waals surface area contributed by atoms with Gasteiger partial charge in [0.1, 0.15) is 0 Å². The fourth-order valence-electron chi connectivity index (χ4n) is 2.72. The molecule has 0 saturated carbocycles. The number of piperidine rings is 1. The maximum absolute atomic E-state index is 12.2. The van der Waals surface area contributed by atoms with Gasteiger partial charge in [0, 0.05) is 19.0 Å². The van der Waals surface area contributed by atoms with Gasteiger partial charge in [0.2, 0.25) is 5.91 Å². The van der Waals surface area contributed by atoms with Crippen molar-refractivity contribution >= 4 is 5.91 Å². The molecule has 3 unspecified atom stereocenters. The van der Waals surface area contributed by atoms with Crippen LogP contribution in [0.25, 0.3) is 0 Å². The number of amides is 1. The monoisotopic (exact) mass is 226 g/mol. The van der Waals surface area contributed by atoms with Gasteiger partial charge in [-0.25, -0.2) is 0 Å². The molecule has 2 heterocycles. The summed E-state index contributed by atoms with van der Waals surface area (Å²) in [6.45, 7) is 4.38. The fourth-order valence-corrected chi connectivity index (χ4v) is 2.72. The van der Waals surface area contributed by atoms with E-state index in [0.717, 1.165) is 45.3 Å². The van der Waals surface area contributed by atoms with Crippen molar-refractivity contribution in [3.05, 3.63) is 0 Å². The molecule has 2 aliphatic rings. The molecule has 1 amide bonds. The first kappa shape index (κ1) is 11.9. The van der Waals surface area contributed by atoms with Gasteiger partial charge in [-0.05, 0) is 39.2 Å². The van der Waals surface area contributed by atoms with E-state index in [1.165, 1.54) is 0 Å². The molecular formula is C12H22N2O2. The first-order valence-electron chi connectivity index (χ1n) is 6.38. The van der Waals surface area contributed by atoms with Crippen LogP contribution in [0.5, 0.6) is 0 Å². The maximum atomic E-state index is 12.2. The van der Waals surface area contributed by atoms with E-state index in [1.54, 1.807) is 0 Å². The highest BCUT2D eigenvalue weighted by Crippen LogP contribution is 2.21. The Balaban J connectivity index is 1.90. The van der Waals surface area contributed by atoms with Gasteiger partial charge in [0.15, 0.2) is 0 Å². The van der Waals surface area contributed by atoms with E-state index >= 15 is 0 Å². The summed E-state index contributed by atoms with van der Waals surface area (Å²) >= 11 is 0. The Morgan fingerprint density at radius 1 is 1.44 bits per heavy atom. The van der Waals surface area contributed by atoms with Gasteiger partial charge in [0.05, 0.1) is 12.1 Å². The van der Waals surface area contributed by atoms with Gasteiger partial charge in [-0.3, -0.25) is 4.79 Å². The first-order valence-corrected chi connectivity index (χ1v) is 6.38. The van der Waals surface area contributed by atoms with Crippen molar-refractivity contribution in [1.82, 2.24) is 10.2 Å². The largest absolute Gasteiger partial charge is 0.393 e. The van der Waals surface area contributed by atoms with Crippen LogP contribution in [-0.4, -0.2) is 47.7 Å². The smallest absolute Gasteiger partial charge is 0.239 e. The SMILES string of the molecule is CC(O)C1CCCN(C(=O)C2CCCN2)C1. The number of likely N-dealkylation sites (tertiary alicyclic amines) is 1. The predicted octanol–water partition coefficient (Wildman–Crippen LogP) is 0.358. The molecule has 2 saturated heterocycles. The average molecular weight is 226 g/mol. The summed E-state index contributed by atoms with van der Waals surface area (Å²) < 4.78 is 0. The van der Waals surface area contributed by atoms with Crippen LogP contribution in [-0.2, 0) is 4.79 Å². The third kappa shape index (κ3) is 2.55. The second-order valence-corrected chi connectivity index (χ2v) is 5.08. The third-order valence-corrected chi connectivity index (χ3v) is 3.81. The Bertz CT molecular complexity index is 249. The second kappa shape index (κ2) is 5.15. The molecule has 0 bridgehead atoms. The lowest BCUT2D eigenvalue weighted by Crippen LogP contribution is -2.49. The summed E-state index contributed by atoms with van der Waals surface area (Å²) in [4.78, 5) is 14.1. The molecule has 0 aromatic rings. The van der Waals surface area contributed by atoms with E-state index in [4.69, 9.17) is 0 Å². The van der Waals surface area contributed by atoms with Gasteiger partial charge < -0.3 is 15.3 Å². The fraction of sp³-hybridized carbons (Fsp3) is 0.917. The average Bonchev–Trinajstić information content (AvgIpc) is 2.81. The quantitative estimate of drug-likeness (QED) is 0.715. The Kier molecular flexibility index (Phi) is 3.82. The highest BCUT2D eigenvalue weighted by molar-refractivity contribution is 5.82. The molecule has 0 spiro atoms. The van der Waals surface area contributed by atoms with Crippen molar-refractivity contribution in [2.24, 2.45) is 5.92 Å². The van der Waals surface area contributed by atoms with E-state index in [-0.39, 0.29) is 24.0 Å². The van der Waals surface area contributed by atoms with Crippen LogP contribution in [0, 0.1) is 5.92 Å². The number of carbonyl (C=O) groups excluding carboxylic acids is 1. The molecule has 0 aromatic carbocycles. The Morgan fingerprint density at radius 3 is 2.88 bits per heavy atom. The minimum absolute atomic E-state index is 0.0350. The second-order valence-electron chi connectivity index (χ2n) is 5.08. The van der Waals surface area contributed by atoms with Crippen LogP contribution in [0.2, 0.25) is 0 Å². The number of hydrogen-bond donors (Lipinski definition) is 2. The zero-order valence-electron chi connectivity index (χ0n) is 9.98. The van der Waals surface area contributed by atoms with E-state index in [2.05, 4.69) is 5.32 Å². The van der Waals surface area contributed by atoms with Gasteiger partial charge in [-0.1, -0.05) is 0 Å². The van der Waals surface area contributed by atoms with Crippen molar-refractivity contribution in [2.75, 3.05) is 19.6 Å². The lowest BCUT2D eigenvalue weighted by Gasteiger charge is -2.35. The van der Waals surface area contributed by atoms with E-state index in [1.807, 2.05) is 11.8 Å². The standard InChI is InChI=1S/C12H22N2O2/c1-9(15)10-4-3-7-14(8-10)12(16)11-5-2-6-13-11/h9-11,13,15H,2-8H2,1H3. The summed E-state index contributed by atoms with van der Waals surface area (Å²) in [6.07, 6.45) is 3.83. The summed E-state index contributed by atoms with van der Waals surface area (Å²) in [7, 11) is 0. The number of nitrogens with one attached hydrogen (secondary N) is 1.